The summed E-state index contributed by atoms with van der Waals surface area (Å²) in [5, 5.41) is 21.9. The zero-order valence-corrected chi connectivity index (χ0v) is 19.6. The van der Waals surface area contributed by atoms with Crippen molar-refractivity contribution >= 4 is 28.5 Å². The largest absolute Gasteiger partial charge is 0.389 e. The van der Waals surface area contributed by atoms with Gasteiger partial charge in [0.25, 0.3) is 0 Å². The van der Waals surface area contributed by atoms with Gasteiger partial charge in [0.05, 0.1) is 28.9 Å². The van der Waals surface area contributed by atoms with Crippen molar-refractivity contribution in [2.45, 2.75) is 38.3 Å². The number of nitrogens with one attached hydrogen (secondary N) is 2. The molecule has 7 heteroatoms. The third-order valence-electron chi connectivity index (χ3n) is 5.60. The molecule has 1 fully saturated rings. The van der Waals surface area contributed by atoms with Crippen molar-refractivity contribution < 1.29 is 5.11 Å². The molecule has 4 aromatic rings. The number of nitrogens with zero attached hydrogens (tertiary/aromatic N) is 3. The number of fused-ring (bicyclic) bond motifs is 1. The lowest BCUT2D eigenvalue weighted by Gasteiger charge is -2.19. The Hall–Kier alpha value is -3.29. The van der Waals surface area contributed by atoms with Gasteiger partial charge in [-0.15, -0.1) is 0 Å². The van der Waals surface area contributed by atoms with Crippen molar-refractivity contribution in [1.29, 1.82) is 0 Å². The molecule has 6 nitrogen and oxygen atoms in total. The second-order valence-corrected chi connectivity index (χ2v) is 9.59. The van der Waals surface area contributed by atoms with Crippen LogP contribution in [0.4, 0.5) is 5.69 Å². The van der Waals surface area contributed by atoms with Crippen LogP contribution < -0.4 is 10.6 Å². The van der Waals surface area contributed by atoms with Crippen LogP contribution in [0, 0.1) is 0 Å². The van der Waals surface area contributed by atoms with E-state index in [1.54, 1.807) is 13.8 Å². The summed E-state index contributed by atoms with van der Waals surface area (Å²) in [6.07, 6.45) is 4.22. The number of anilines is 1. The van der Waals surface area contributed by atoms with Crippen molar-refractivity contribution in [3.8, 4) is 22.5 Å². The molecule has 0 spiro atoms. The van der Waals surface area contributed by atoms with Gasteiger partial charge < -0.3 is 15.7 Å². The molecule has 168 valence electrons. The summed E-state index contributed by atoms with van der Waals surface area (Å²) < 4.78 is 1.87. The lowest BCUT2D eigenvalue weighted by atomic mass is 10.1. The van der Waals surface area contributed by atoms with E-state index in [0.717, 1.165) is 38.8 Å². The fourth-order valence-corrected chi connectivity index (χ4v) is 3.95. The van der Waals surface area contributed by atoms with Crippen molar-refractivity contribution in [2.24, 2.45) is 0 Å². The maximum atomic E-state index is 10.2. The number of hydrogen-bond acceptors (Lipinski definition) is 5. The fourth-order valence-electron chi connectivity index (χ4n) is 3.65. The first-order valence-corrected chi connectivity index (χ1v) is 11.6. The topological polar surface area (TPSA) is 74.5 Å². The minimum Gasteiger partial charge on any atom is -0.389 e. The third-order valence-corrected chi connectivity index (χ3v) is 5.96. The van der Waals surface area contributed by atoms with Gasteiger partial charge in [-0.05, 0) is 32.8 Å². The standard InChI is InChI=1S/C26H27N5OS/c1-26(2,32)16-28-22-14-21(17-6-4-3-5-7-17)30-31-23(15-27-24(22)31)18-8-10-19(11-9-18)25(33)29-20-12-13-20/h3-11,14-15,20,28,32H,12-13,16H2,1-2H3,(H,29,33). The van der Waals surface area contributed by atoms with Gasteiger partial charge in [0.15, 0.2) is 5.65 Å². The molecule has 2 aromatic carbocycles. The molecule has 1 aliphatic rings. The van der Waals surface area contributed by atoms with Crippen molar-refractivity contribution in [2.75, 3.05) is 11.9 Å². The number of hydrogen-bond donors (Lipinski definition) is 3. The predicted octanol–water partition coefficient (Wildman–Crippen LogP) is 4.67. The van der Waals surface area contributed by atoms with Crippen LogP contribution in [-0.2, 0) is 0 Å². The third kappa shape index (κ3) is 4.89. The number of benzene rings is 2. The van der Waals surface area contributed by atoms with E-state index in [9.17, 15) is 5.11 Å². The van der Waals surface area contributed by atoms with Crippen molar-refractivity contribution in [3.63, 3.8) is 0 Å². The Morgan fingerprint density at radius 2 is 1.82 bits per heavy atom. The average molecular weight is 458 g/mol. The SMILES string of the molecule is CC(C)(O)CNc1cc(-c2ccccc2)nn2c(-c3ccc(C(=S)NC4CC4)cc3)cnc12. The minimum absolute atomic E-state index is 0.392. The van der Waals surface area contributed by atoms with Gasteiger partial charge in [-0.2, -0.15) is 5.10 Å². The van der Waals surface area contributed by atoms with Gasteiger partial charge in [-0.25, -0.2) is 9.50 Å². The number of rotatable bonds is 7. The molecule has 0 aliphatic heterocycles. The summed E-state index contributed by atoms with van der Waals surface area (Å²) in [7, 11) is 0. The predicted molar refractivity (Wildman–Crippen MR) is 137 cm³/mol. The minimum atomic E-state index is -0.856. The molecule has 1 saturated carbocycles. The molecule has 0 radical (unpaired) electrons. The van der Waals surface area contributed by atoms with Gasteiger partial charge in [0.2, 0.25) is 0 Å². The zero-order chi connectivity index (χ0) is 23.0. The van der Waals surface area contributed by atoms with E-state index in [2.05, 4.69) is 27.8 Å². The van der Waals surface area contributed by atoms with Crippen LogP contribution in [0.3, 0.4) is 0 Å². The lowest BCUT2D eigenvalue weighted by molar-refractivity contribution is 0.0945. The van der Waals surface area contributed by atoms with Crippen molar-refractivity contribution in [1.82, 2.24) is 19.9 Å². The van der Waals surface area contributed by atoms with E-state index < -0.39 is 5.60 Å². The Kier molecular flexibility index (Phi) is 5.60. The molecule has 5 rings (SSSR count). The maximum absolute atomic E-state index is 10.2. The Labute approximate surface area is 198 Å². The highest BCUT2D eigenvalue weighted by Gasteiger charge is 2.22. The number of imidazole rings is 1. The molecule has 0 bridgehead atoms. The number of aromatic nitrogens is 3. The fraction of sp³-hybridized carbons (Fsp3) is 0.269. The summed E-state index contributed by atoms with van der Waals surface area (Å²) in [6.45, 7) is 3.94. The van der Waals surface area contributed by atoms with Crippen LogP contribution in [0.2, 0.25) is 0 Å². The van der Waals surface area contributed by atoms with E-state index in [1.165, 1.54) is 12.8 Å². The van der Waals surface area contributed by atoms with E-state index in [0.29, 0.717) is 18.2 Å². The summed E-state index contributed by atoms with van der Waals surface area (Å²) in [5.74, 6) is 0. The molecular weight excluding hydrogens is 430 g/mol. The van der Waals surface area contributed by atoms with Crippen molar-refractivity contribution in [3.05, 3.63) is 72.4 Å². The van der Waals surface area contributed by atoms with Gasteiger partial charge in [-0.3, -0.25) is 0 Å². The van der Waals surface area contributed by atoms with E-state index in [-0.39, 0.29) is 0 Å². The monoisotopic (exact) mass is 457 g/mol. The first-order valence-electron chi connectivity index (χ1n) is 11.2. The highest BCUT2D eigenvalue weighted by molar-refractivity contribution is 7.80. The summed E-state index contributed by atoms with van der Waals surface area (Å²) in [4.78, 5) is 5.45. The van der Waals surface area contributed by atoms with E-state index in [1.807, 2.05) is 59.2 Å². The van der Waals surface area contributed by atoms with Gasteiger partial charge in [-0.1, -0.05) is 66.8 Å². The summed E-state index contributed by atoms with van der Waals surface area (Å²) in [5.41, 5.74) is 5.43. The maximum Gasteiger partial charge on any atom is 0.177 e. The normalized spacial score (nSPS) is 13.8. The van der Waals surface area contributed by atoms with Gasteiger partial charge in [0, 0.05) is 29.3 Å². The molecule has 0 saturated heterocycles. The summed E-state index contributed by atoms with van der Waals surface area (Å²) >= 11 is 5.53. The molecule has 33 heavy (non-hydrogen) atoms. The Bertz CT molecular complexity index is 1290. The Morgan fingerprint density at radius 3 is 2.48 bits per heavy atom. The van der Waals surface area contributed by atoms with Crippen LogP contribution in [0.1, 0.15) is 32.3 Å². The van der Waals surface area contributed by atoms with Gasteiger partial charge in [0.1, 0.15) is 4.99 Å². The van der Waals surface area contributed by atoms with Crippen LogP contribution in [0.5, 0.6) is 0 Å². The van der Waals surface area contributed by atoms with Crippen LogP contribution >= 0.6 is 12.2 Å². The Morgan fingerprint density at radius 1 is 1.09 bits per heavy atom. The highest BCUT2D eigenvalue weighted by atomic mass is 32.1. The molecular formula is C26H27N5OS. The molecule has 0 amide bonds. The number of aliphatic hydroxyl groups is 1. The average Bonchev–Trinajstić information content (AvgIpc) is 3.52. The lowest BCUT2D eigenvalue weighted by Crippen LogP contribution is -2.29. The van der Waals surface area contributed by atoms with Crippen LogP contribution in [0.15, 0.2) is 66.9 Å². The zero-order valence-electron chi connectivity index (χ0n) is 18.7. The molecule has 2 heterocycles. The number of thiocarbonyl (C=S) groups is 1. The van der Waals surface area contributed by atoms with Crippen LogP contribution in [-0.4, -0.2) is 42.9 Å². The van der Waals surface area contributed by atoms with Crippen LogP contribution in [0.25, 0.3) is 28.2 Å². The summed E-state index contributed by atoms with van der Waals surface area (Å²) in [6, 6.07) is 20.8. The van der Waals surface area contributed by atoms with E-state index in [4.69, 9.17) is 17.3 Å². The molecule has 3 N–H and O–H groups in total. The second kappa shape index (κ2) is 8.57. The molecule has 0 unspecified atom stereocenters. The Balaban J connectivity index is 1.54. The first-order chi connectivity index (χ1) is 15.9. The second-order valence-electron chi connectivity index (χ2n) is 9.18. The molecule has 0 atom stereocenters. The molecule has 1 aliphatic carbocycles. The van der Waals surface area contributed by atoms with Gasteiger partial charge >= 0.3 is 0 Å². The smallest absolute Gasteiger partial charge is 0.177 e. The highest BCUT2D eigenvalue weighted by Crippen LogP contribution is 2.29. The van der Waals surface area contributed by atoms with E-state index >= 15 is 0 Å². The molecule has 2 aromatic heterocycles. The first kappa shape index (κ1) is 21.6. The quantitative estimate of drug-likeness (QED) is 0.350.